The molecule has 4 fully saturated rings. The smallest absolute Gasteiger partial charge is 0.131 e. The van der Waals surface area contributed by atoms with Crippen LogP contribution >= 0.6 is 0 Å². The normalized spacial score (nSPS) is 49.7. The minimum absolute atomic E-state index is 0.468. The molecule has 4 aliphatic carbocycles. The average molecular weight is 381 g/mol. The molecule has 4 rings (SSSR count). The molecule has 2 heteroatoms. The molecule has 3 unspecified atom stereocenters. The van der Waals surface area contributed by atoms with Gasteiger partial charge in [-0.2, -0.15) is 0 Å². The minimum atomic E-state index is -1.18. The molecule has 0 aromatic heterocycles. The molecule has 0 spiro atoms. The number of rotatable bonds is 3. The van der Waals surface area contributed by atoms with Gasteiger partial charge in [-0.1, -0.05) is 19.8 Å². The van der Waals surface area contributed by atoms with E-state index in [0.29, 0.717) is 24.7 Å². The largest absolute Gasteiger partial charge is 0.244 e. The Hall–Kier alpha value is -0.140. The highest BCUT2D eigenvalue weighted by molar-refractivity contribution is 4.89. The lowest BCUT2D eigenvalue weighted by Gasteiger charge is -2.43. The van der Waals surface area contributed by atoms with Crippen LogP contribution in [0.3, 0.4) is 0 Å². The van der Waals surface area contributed by atoms with Gasteiger partial charge in [-0.05, 0) is 125 Å². The van der Waals surface area contributed by atoms with E-state index in [9.17, 15) is 8.78 Å². The molecule has 0 aliphatic heterocycles. The van der Waals surface area contributed by atoms with Gasteiger partial charge in [-0.25, -0.2) is 8.78 Å². The van der Waals surface area contributed by atoms with E-state index in [1.165, 1.54) is 77.0 Å². The molecular weight excluding hydrogens is 338 g/mol. The van der Waals surface area contributed by atoms with Gasteiger partial charge in [0, 0.05) is 0 Å². The van der Waals surface area contributed by atoms with Gasteiger partial charge in [0.1, 0.15) is 12.3 Å². The maximum absolute atomic E-state index is 13.8. The van der Waals surface area contributed by atoms with Crippen LogP contribution in [0.2, 0.25) is 0 Å². The van der Waals surface area contributed by atoms with Gasteiger partial charge in [0.15, 0.2) is 0 Å². The first-order chi connectivity index (χ1) is 13.1. The van der Waals surface area contributed by atoms with E-state index in [2.05, 4.69) is 6.92 Å². The Labute approximate surface area is 166 Å². The average Bonchev–Trinajstić information content (AvgIpc) is 2.71. The molecule has 0 saturated heterocycles. The third-order valence-electron chi connectivity index (χ3n) is 9.43. The number of hydrogen-bond acceptors (Lipinski definition) is 0. The topological polar surface area (TPSA) is 0 Å². The maximum atomic E-state index is 13.8. The Kier molecular flexibility index (Phi) is 6.81. The van der Waals surface area contributed by atoms with Crippen molar-refractivity contribution >= 4 is 0 Å². The third-order valence-corrected chi connectivity index (χ3v) is 9.43. The monoisotopic (exact) mass is 380 g/mol. The Morgan fingerprint density at radius 1 is 0.407 bits per heavy atom. The molecule has 3 atom stereocenters. The highest BCUT2D eigenvalue weighted by Gasteiger charge is 2.38. The van der Waals surface area contributed by atoms with Crippen LogP contribution in [-0.4, -0.2) is 12.3 Å². The van der Waals surface area contributed by atoms with Crippen molar-refractivity contribution in [3.05, 3.63) is 0 Å². The summed E-state index contributed by atoms with van der Waals surface area (Å²) in [4.78, 5) is 0. The molecule has 0 N–H and O–H groups in total. The highest BCUT2D eigenvalue weighted by atomic mass is 19.2. The van der Waals surface area contributed by atoms with Crippen LogP contribution in [0.1, 0.15) is 103 Å². The maximum Gasteiger partial charge on any atom is 0.131 e. The second-order valence-electron chi connectivity index (χ2n) is 11.0. The number of hydrogen-bond donors (Lipinski definition) is 0. The molecule has 0 aromatic carbocycles. The van der Waals surface area contributed by atoms with E-state index in [1.807, 2.05) is 0 Å². The zero-order valence-corrected chi connectivity index (χ0v) is 17.6. The summed E-state index contributed by atoms with van der Waals surface area (Å²) in [6.07, 6.45) is 16.7. The van der Waals surface area contributed by atoms with E-state index in [4.69, 9.17) is 0 Å². The number of alkyl halides is 2. The van der Waals surface area contributed by atoms with Crippen LogP contribution in [-0.2, 0) is 0 Å². The zero-order valence-electron chi connectivity index (χ0n) is 17.6. The van der Waals surface area contributed by atoms with Gasteiger partial charge in [0.05, 0.1) is 0 Å². The first-order valence-corrected chi connectivity index (χ1v) is 12.4. The molecule has 0 heterocycles. The van der Waals surface area contributed by atoms with Crippen LogP contribution in [0, 0.1) is 41.4 Å². The zero-order chi connectivity index (χ0) is 18.8. The molecular formula is C25H42F2. The predicted molar refractivity (Wildman–Crippen MR) is 109 cm³/mol. The second kappa shape index (κ2) is 9.12. The lowest BCUT2D eigenvalue weighted by molar-refractivity contribution is 0.0450. The molecule has 4 saturated carbocycles. The van der Waals surface area contributed by atoms with Gasteiger partial charge in [0.25, 0.3) is 0 Å². The van der Waals surface area contributed by atoms with E-state index in [1.54, 1.807) is 0 Å². The standard InChI is InChI=1S/C25H42F2/c1-17-2-4-18(5-3-17)19-6-8-20(9-7-19)21-10-12-22(13-11-21)23-14-15-24(26)25(27)16-23/h17-25H,2-16H2,1H3. The fourth-order valence-corrected chi connectivity index (χ4v) is 7.47. The third kappa shape index (κ3) is 4.89. The van der Waals surface area contributed by atoms with E-state index < -0.39 is 12.3 Å². The van der Waals surface area contributed by atoms with Crippen molar-refractivity contribution in [1.82, 2.24) is 0 Å². The first-order valence-electron chi connectivity index (χ1n) is 12.4. The summed E-state index contributed by atoms with van der Waals surface area (Å²) >= 11 is 0. The van der Waals surface area contributed by atoms with Gasteiger partial charge < -0.3 is 0 Å². The van der Waals surface area contributed by atoms with Crippen molar-refractivity contribution in [2.45, 2.75) is 116 Å². The van der Waals surface area contributed by atoms with Crippen LogP contribution in [0.4, 0.5) is 8.78 Å². The first kappa shape index (κ1) is 20.1. The Bertz CT molecular complexity index is 439. The van der Waals surface area contributed by atoms with Crippen molar-refractivity contribution in [2.75, 3.05) is 0 Å². The van der Waals surface area contributed by atoms with Gasteiger partial charge in [0.2, 0.25) is 0 Å². The Morgan fingerprint density at radius 3 is 1.15 bits per heavy atom. The molecule has 156 valence electrons. The summed E-state index contributed by atoms with van der Waals surface area (Å²) in [5.41, 5.74) is 0. The molecule has 0 aromatic rings. The van der Waals surface area contributed by atoms with Crippen molar-refractivity contribution in [3.8, 4) is 0 Å². The van der Waals surface area contributed by atoms with Gasteiger partial charge >= 0.3 is 0 Å². The summed E-state index contributed by atoms with van der Waals surface area (Å²) in [5.74, 6) is 6.11. The number of halogens is 2. The predicted octanol–water partition coefficient (Wildman–Crippen LogP) is 7.90. The Balaban J connectivity index is 1.18. The lowest BCUT2D eigenvalue weighted by atomic mass is 9.63. The fraction of sp³-hybridized carbons (Fsp3) is 1.00. The van der Waals surface area contributed by atoms with Gasteiger partial charge in [-0.15, -0.1) is 0 Å². The van der Waals surface area contributed by atoms with Gasteiger partial charge in [-0.3, -0.25) is 0 Å². The highest BCUT2D eigenvalue weighted by Crippen LogP contribution is 2.48. The van der Waals surface area contributed by atoms with Crippen molar-refractivity contribution in [3.63, 3.8) is 0 Å². The second-order valence-corrected chi connectivity index (χ2v) is 11.0. The quantitative estimate of drug-likeness (QED) is 0.467. The summed E-state index contributed by atoms with van der Waals surface area (Å²) in [6, 6.07) is 0. The summed E-state index contributed by atoms with van der Waals surface area (Å²) in [5, 5.41) is 0. The molecule has 0 radical (unpaired) electrons. The van der Waals surface area contributed by atoms with E-state index in [0.717, 1.165) is 36.0 Å². The SMILES string of the molecule is CC1CCC(C2CCC(C3CCC(C4CCC(F)C(F)C4)CC3)CC2)CC1. The summed E-state index contributed by atoms with van der Waals surface area (Å²) < 4.78 is 27.2. The van der Waals surface area contributed by atoms with Crippen molar-refractivity contribution < 1.29 is 8.78 Å². The lowest BCUT2D eigenvalue weighted by Crippen LogP contribution is -2.34. The molecule has 4 aliphatic rings. The summed E-state index contributed by atoms with van der Waals surface area (Å²) in [6.45, 7) is 2.43. The minimum Gasteiger partial charge on any atom is -0.244 e. The van der Waals surface area contributed by atoms with Crippen LogP contribution in [0.25, 0.3) is 0 Å². The fourth-order valence-electron chi connectivity index (χ4n) is 7.47. The van der Waals surface area contributed by atoms with Crippen molar-refractivity contribution in [2.24, 2.45) is 41.4 Å². The summed E-state index contributed by atoms with van der Waals surface area (Å²) in [7, 11) is 0. The van der Waals surface area contributed by atoms with E-state index >= 15 is 0 Å². The molecule has 0 nitrogen and oxygen atoms in total. The Morgan fingerprint density at radius 2 is 0.741 bits per heavy atom. The molecule has 0 amide bonds. The van der Waals surface area contributed by atoms with Crippen LogP contribution in [0.15, 0.2) is 0 Å². The van der Waals surface area contributed by atoms with Crippen LogP contribution in [0.5, 0.6) is 0 Å². The van der Waals surface area contributed by atoms with Crippen LogP contribution < -0.4 is 0 Å². The molecule has 27 heavy (non-hydrogen) atoms. The van der Waals surface area contributed by atoms with E-state index in [-0.39, 0.29) is 0 Å². The molecule has 0 bridgehead atoms. The van der Waals surface area contributed by atoms with Crippen molar-refractivity contribution in [1.29, 1.82) is 0 Å².